The second-order valence-electron chi connectivity index (χ2n) is 4.60. The summed E-state index contributed by atoms with van der Waals surface area (Å²) in [6, 6.07) is 3.91. The summed E-state index contributed by atoms with van der Waals surface area (Å²) in [5.41, 5.74) is 0.977. The molecule has 3 rings (SSSR count). The van der Waals surface area contributed by atoms with Crippen LogP contribution in [0.5, 0.6) is 0 Å². The van der Waals surface area contributed by atoms with E-state index >= 15 is 0 Å². The topological polar surface area (TPSA) is 84.0 Å². The molecule has 0 saturated heterocycles. The highest BCUT2D eigenvalue weighted by Crippen LogP contribution is 2.20. The Morgan fingerprint density at radius 2 is 2.15 bits per heavy atom. The van der Waals surface area contributed by atoms with E-state index in [0.29, 0.717) is 11.2 Å². The van der Waals surface area contributed by atoms with E-state index in [1.54, 1.807) is 23.8 Å². The fourth-order valence-electron chi connectivity index (χ4n) is 1.67. The van der Waals surface area contributed by atoms with Crippen LogP contribution in [-0.4, -0.2) is 24.4 Å². The van der Waals surface area contributed by atoms with Crippen LogP contribution in [-0.2, 0) is 16.6 Å². The summed E-state index contributed by atoms with van der Waals surface area (Å²) in [5, 5.41) is 5.40. The maximum atomic E-state index is 12.1. The molecule has 0 aliphatic heterocycles. The molecule has 106 valence electrons. The second-order valence-corrected chi connectivity index (χ2v) is 7.13. The largest absolute Gasteiger partial charge is 0.310 e. The Balaban J connectivity index is 1.69. The Kier molecular flexibility index (Phi) is 3.68. The molecule has 0 bridgehead atoms. The summed E-state index contributed by atoms with van der Waals surface area (Å²) < 4.78 is 26.5. The van der Waals surface area contributed by atoms with Gasteiger partial charge in [0.25, 0.3) is 10.0 Å². The predicted molar refractivity (Wildman–Crippen MR) is 77.0 cm³/mol. The molecule has 0 atom stereocenters. The van der Waals surface area contributed by atoms with Gasteiger partial charge in [-0.05, 0) is 24.5 Å². The number of hydrogen-bond donors (Lipinski definition) is 2. The van der Waals surface area contributed by atoms with Crippen molar-refractivity contribution in [1.82, 2.24) is 15.3 Å². The number of nitrogens with zero attached hydrogens (tertiary/aromatic N) is 2. The van der Waals surface area contributed by atoms with Gasteiger partial charge < -0.3 is 5.32 Å². The molecule has 8 heteroatoms. The van der Waals surface area contributed by atoms with Crippen molar-refractivity contribution in [3.63, 3.8) is 0 Å². The standard InChI is InChI=1S/C12H14N4O2S2/c17-20(18,16-12-13-5-6-19-12)11-4-1-9(8-15-11)7-14-10-2-3-10/h1,4-6,8,10,14H,2-3,7H2,(H,13,16). The van der Waals surface area contributed by atoms with Gasteiger partial charge in [0, 0.05) is 30.4 Å². The van der Waals surface area contributed by atoms with Gasteiger partial charge in [-0.3, -0.25) is 4.72 Å². The number of sulfonamides is 1. The highest BCUT2D eigenvalue weighted by molar-refractivity contribution is 7.92. The summed E-state index contributed by atoms with van der Waals surface area (Å²) in [4.78, 5) is 7.91. The Morgan fingerprint density at radius 1 is 1.30 bits per heavy atom. The minimum atomic E-state index is -3.65. The number of anilines is 1. The molecule has 1 saturated carbocycles. The van der Waals surface area contributed by atoms with Crippen LogP contribution < -0.4 is 10.0 Å². The number of nitrogens with one attached hydrogen (secondary N) is 2. The highest BCUT2D eigenvalue weighted by Gasteiger charge is 2.20. The molecule has 0 aromatic carbocycles. The van der Waals surface area contributed by atoms with Crippen molar-refractivity contribution in [2.24, 2.45) is 0 Å². The third-order valence-electron chi connectivity index (χ3n) is 2.90. The van der Waals surface area contributed by atoms with Crippen LogP contribution in [0, 0.1) is 0 Å². The van der Waals surface area contributed by atoms with Gasteiger partial charge in [0.2, 0.25) is 0 Å². The molecule has 0 radical (unpaired) electrons. The third-order valence-corrected chi connectivity index (χ3v) is 4.97. The van der Waals surface area contributed by atoms with E-state index in [4.69, 9.17) is 0 Å². The zero-order valence-electron chi connectivity index (χ0n) is 10.6. The van der Waals surface area contributed by atoms with E-state index in [1.165, 1.54) is 30.2 Å². The molecule has 1 fully saturated rings. The van der Waals surface area contributed by atoms with E-state index in [2.05, 4.69) is 20.0 Å². The van der Waals surface area contributed by atoms with Gasteiger partial charge in [-0.2, -0.15) is 8.42 Å². The SMILES string of the molecule is O=S(=O)(Nc1nccs1)c1ccc(CNC2CC2)cn1. The Bertz CT molecular complexity index is 664. The number of pyridine rings is 1. The van der Waals surface area contributed by atoms with Gasteiger partial charge >= 0.3 is 0 Å². The summed E-state index contributed by atoms with van der Waals surface area (Å²) in [5.74, 6) is 0. The lowest BCUT2D eigenvalue weighted by Gasteiger charge is -2.06. The van der Waals surface area contributed by atoms with Crippen LogP contribution >= 0.6 is 11.3 Å². The number of aromatic nitrogens is 2. The second kappa shape index (κ2) is 5.47. The van der Waals surface area contributed by atoms with Crippen LogP contribution in [0.25, 0.3) is 0 Å². The monoisotopic (exact) mass is 310 g/mol. The Morgan fingerprint density at radius 3 is 2.75 bits per heavy atom. The van der Waals surface area contributed by atoms with E-state index in [0.717, 1.165) is 12.1 Å². The number of hydrogen-bond acceptors (Lipinski definition) is 6. The van der Waals surface area contributed by atoms with Crippen molar-refractivity contribution in [2.45, 2.75) is 30.5 Å². The summed E-state index contributed by atoms with van der Waals surface area (Å²) in [7, 11) is -3.65. The first-order valence-electron chi connectivity index (χ1n) is 6.24. The Labute approximate surface area is 121 Å². The lowest BCUT2D eigenvalue weighted by molar-refractivity contribution is 0.597. The molecule has 2 aromatic heterocycles. The van der Waals surface area contributed by atoms with Crippen LogP contribution in [0.2, 0.25) is 0 Å². The molecule has 6 nitrogen and oxygen atoms in total. The van der Waals surface area contributed by atoms with Crippen molar-refractivity contribution in [2.75, 3.05) is 4.72 Å². The van der Waals surface area contributed by atoms with Crippen molar-refractivity contribution in [1.29, 1.82) is 0 Å². The van der Waals surface area contributed by atoms with E-state index in [1.807, 2.05) is 0 Å². The van der Waals surface area contributed by atoms with E-state index < -0.39 is 10.0 Å². The fraction of sp³-hybridized carbons (Fsp3) is 0.333. The van der Waals surface area contributed by atoms with Crippen LogP contribution in [0.3, 0.4) is 0 Å². The molecule has 2 aromatic rings. The number of rotatable bonds is 6. The average molecular weight is 310 g/mol. The zero-order chi connectivity index (χ0) is 14.0. The fourth-order valence-corrected chi connectivity index (χ4v) is 3.38. The first-order valence-corrected chi connectivity index (χ1v) is 8.60. The number of thiazole rings is 1. The van der Waals surface area contributed by atoms with Crippen LogP contribution in [0.1, 0.15) is 18.4 Å². The first-order chi connectivity index (χ1) is 9.63. The van der Waals surface area contributed by atoms with E-state index in [-0.39, 0.29) is 5.03 Å². The van der Waals surface area contributed by atoms with Crippen molar-refractivity contribution in [3.8, 4) is 0 Å². The van der Waals surface area contributed by atoms with Crippen molar-refractivity contribution < 1.29 is 8.42 Å². The van der Waals surface area contributed by atoms with Gasteiger partial charge in [-0.1, -0.05) is 6.07 Å². The van der Waals surface area contributed by atoms with Gasteiger partial charge in [-0.25, -0.2) is 9.97 Å². The lowest BCUT2D eigenvalue weighted by atomic mass is 10.3. The minimum absolute atomic E-state index is 0.00266. The third kappa shape index (κ3) is 3.33. The van der Waals surface area contributed by atoms with Crippen molar-refractivity contribution in [3.05, 3.63) is 35.5 Å². The first kappa shape index (κ1) is 13.5. The maximum Gasteiger partial charge on any atom is 0.281 e. The minimum Gasteiger partial charge on any atom is -0.310 e. The average Bonchev–Trinajstić information content (AvgIpc) is 3.14. The molecule has 0 spiro atoms. The van der Waals surface area contributed by atoms with Gasteiger partial charge in [0.05, 0.1) is 0 Å². The van der Waals surface area contributed by atoms with Crippen LogP contribution in [0.15, 0.2) is 34.9 Å². The van der Waals surface area contributed by atoms with E-state index in [9.17, 15) is 8.42 Å². The molecule has 0 amide bonds. The molecule has 1 aliphatic carbocycles. The molecule has 2 N–H and O–H groups in total. The summed E-state index contributed by atoms with van der Waals surface area (Å²) >= 11 is 1.23. The molecule has 1 aliphatic rings. The highest BCUT2D eigenvalue weighted by atomic mass is 32.2. The van der Waals surface area contributed by atoms with Gasteiger partial charge in [-0.15, -0.1) is 11.3 Å². The quantitative estimate of drug-likeness (QED) is 0.846. The molecular weight excluding hydrogens is 296 g/mol. The van der Waals surface area contributed by atoms with Crippen molar-refractivity contribution >= 4 is 26.5 Å². The molecule has 20 heavy (non-hydrogen) atoms. The summed E-state index contributed by atoms with van der Waals surface area (Å²) in [6.07, 6.45) is 5.57. The smallest absolute Gasteiger partial charge is 0.281 e. The normalized spacial score (nSPS) is 15.2. The molecule has 2 heterocycles. The maximum absolute atomic E-state index is 12.1. The van der Waals surface area contributed by atoms with Gasteiger partial charge in [0.15, 0.2) is 10.2 Å². The van der Waals surface area contributed by atoms with Crippen LogP contribution in [0.4, 0.5) is 5.13 Å². The molecule has 0 unspecified atom stereocenters. The van der Waals surface area contributed by atoms with Gasteiger partial charge in [0.1, 0.15) is 0 Å². The Hall–Kier alpha value is -1.51. The zero-order valence-corrected chi connectivity index (χ0v) is 12.2. The molecular formula is C12H14N4O2S2. The lowest BCUT2D eigenvalue weighted by Crippen LogP contribution is -2.17. The predicted octanol–water partition coefficient (Wildman–Crippen LogP) is 1.59. The summed E-state index contributed by atoms with van der Waals surface area (Å²) in [6.45, 7) is 0.720.